The van der Waals surface area contributed by atoms with Crippen LogP contribution in [0.5, 0.6) is 0 Å². The van der Waals surface area contributed by atoms with Crippen molar-refractivity contribution in [3.63, 3.8) is 0 Å². The highest BCUT2D eigenvalue weighted by Gasteiger charge is 2.20. The normalized spacial score (nSPS) is 17.0. The Kier molecular flexibility index (Phi) is 5.70. The Morgan fingerprint density at radius 1 is 1.43 bits per heavy atom. The first kappa shape index (κ1) is 15.9. The molecule has 0 aromatic heterocycles. The van der Waals surface area contributed by atoms with E-state index in [-0.39, 0.29) is 5.82 Å². The molecule has 1 fully saturated rings. The van der Waals surface area contributed by atoms with Crippen LogP contribution in [0.25, 0.3) is 0 Å². The third-order valence-corrected chi connectivity index (χ3v) is 4.11. The number of nitrogens with zero attached hydrogens (tertiary/aromatic N) is 1. The molecule has 0 unspecified atom stereocenters. The summed E-state index contributed by atoms with van der Waals surface area (Å²) < 4.78 is 13.8. The van der Waals surface area contributed by atoms with E-state index in [0.29, 0.717) is 23.6 Å². The highest BCUT2D eigenvalue weighted by molar-refractivity contribution is 5.92. The highest BCUT2D eigenvalue weighted by atomic mass is 19.1. The largest absolute Gasteiger partial charge is 0.366 e. The van der Waals surface area contributed by atoms with E-state index in [1.807, 2.05) is 0 Å². The van der Waals surface area contributed by atoms with Crippen LogP contribution in [-0.2, 0) is 6.54 Å². The molecule has 5 heteroatoms. The van der Waals surface area contributed by atoms with E-state index in [0.717, 1.165) is 39.0 Å². The van der Waals surface area contributed by atoms with Crippen LogP contribution in [0.15, 0.2) is 18.2 Å². The van der Waals surface area contributed by atoms with Crippen molar-refractivity contribution in [2.24, 2.45) is 11.7 Å². The number of carbonyl (C=O) groups is 1. The van der Waals surface area contributed by atoms with E-state index in [2.05, 4.69) is 17.1 Å². The van der Waals surface area contributed by atoms with Gasteiger partial charge in [0.15, 0.2) is 0 Å². The number of piperidine rings is 1. The molecule has 0 atom stereocenters. The van der Waals surface area contributed by atoms with Gasteiger partial charge >= 0.3 is 0 Å². The molecular weight excluding hydrogens is 269 g/mol. The second-order valence-corrected chi connectivity index (χ2v) is 5.70. The number of amides is 1. The number of nitrogens with two attached hydrogens (primary N) is 1. The third kappa shape index (κ3) is 4.51. The molecule has 1 aromatic carbocycles. The molecule has 0 radical (unpaired) electrons. The van der Waals surface area contributed by atoms with Crippen molar-refractivity contribution < 1.29 is 9.18 Å². The van der Waals surface area contributed by atoms with E-state index in [1.165, 1.54) is 12.1 Å². The third-order valence-electron chi connectivity index (χ3n) is 4.11. The molecule has 0 aliphatic carbocycles. The average Bonchev–Trinajstić information content (AvgIpc) is 2.48. The molecule has 1 amide bonds. The molecule has 1 aromatic rings. The monoisotopic (exact) mass is 293 g/mol. The first-order valence-corrected chi connectivity index (χ1v) is 7.61. The molecule has 0 bridgehead atoms. The Morgan fingerprint density at radius 2 is 2.14 bits per heavy atom. The van der Waals surface area contributed by atoms with Crippen molar-refractivity contribution in [3.05, 3.63) is 35.1 Å². The summed E-state index contributed by atoms with van der Waals surface area (Å²) in [6, 6.07) is 4.33. The lowest BCUT2D eigenvalue weighted by Crippen LogP contribution is -2.37. The number of benzene rings is 1. The summed E-state index contributed by atoms with van der Waals surface area (Å²) in [5.41, 5.74) is 6.17. The second-order valence-electron chi connectivity index (χ2n) is 5.70. The Hall–Kier alpha value is -1.46. The number of primary amides is 1. The fraction of sp³-hybridized carbons (Fsp3) is 0.562. The molecule has 0 spiro atoms. The summed E-state index contributed by atoms with van der Waals surface area (Å²) in [4.78, 5) is 13.4. The van der Waals surface area contributed by atoms with Gasteiger partial charge in [0.05, 0.1) is 0 Å². The quantitative estimate of drug-likeness (QED) is 0.840. The number of carbonyl (C=O) groups excluding carboxylic acids is 1. The van der Waals surface area contributed by atoms with E-state index >= 15 is 0 Å². The summed E-state index contributed by atoms with van der Waals surface area (Å²) in [5.74, 6) is -0.0710. The Bertz CT molecular complexity index is 484. The Labute approximate surface area is 125 Å². The summed E-state index contributed by atoms with van der Waals surface area (Å²) in [5, 5.41) is 3.38. The smallest absolute Gasteiger partial charge is 0.248 e. The van der Waals surface area contributed by atoms with Gasteiger partial charge in [-0.15, -0.1) is 0 Å². The lowest BCUT2D eigenvalue weighted by molar-refractivity contribution is 0.1000. The van der Waals surface area contributed by atoms with Gasteiger partial charge < -0.3 is 11.1 Å². The van der Waals surface area contributed by atoms with Gasteiger partial charge in [-0.3, -0.25) is 9.69 Å². The first-order valence-electron chi connectivity index (χ1n) is 7.61. The minimum absolute atomic E-state index is 0.269. The summed E-state index contributed by atoms with van der Waals surface area (Å²) >= 11 is 0. The highest BCUT2D eigenvalue weighted by Crippen LogP contribution is 2.20. The van der Waals surface area contributed by atoms with Crippen LogP contribution in [0.1, 0.15) is 35.7 Å². The maximum absolute atomic E-state index is 13.8. The van der Waals surface area contributed by atoms with Gasteiger partial charge in [0.1, 0.15) is 5.82 Å². The fourth-order valence-corrected chi connectivity index (χ4v) is 2.79. The predicted octanol–water partition coefficient (Wildman–Crippen LogP) is 1.75. The minimum atomic E-state index is -0.513. The van der Waals surface area contributed by atoms with E-state index < -0.39 is 5.91 Å². The van der Waals surface area contributed by atoms with Crippen molar-refractivity contribution >= 4 is 5.91 Å². The van der Waals surface area contributed by atoms with Crippen LogP contribution in [0.2, 0.25) is 0 Å². The van der Waals surface area contributed by atoms with Crippen LogP contribution in [0.4, 0.5) is 4.39 Å². The predicted molar refractivity (Wildman–Crippen MR) is 81.5 cm³/mol. The molecule has 116 valence electrons. The van der Waals surface area contributed by atoms with Gasteiger partial charge in [-0.05, 0) is 63.1 Å². The van der Waals surface area contributed by atoms with Gasteiger partial charge in [0.2, 0.25) is 5.91 Å². The average molecular weight is 293 g/mol. The summed E-state index contributed by atoms with van der Waals surface area (Å²) in [6.45, 7) is 6.66. The molecule has 1 aliphatic rings. The van der Waals surface area contributed by atoms with Gasteiger partial charge in [0.25, 0.3) is 0 Å². The molecule has 1 aliphatic heterocycles. The maximum Gasteiger partial charge on any atom is 0.248 e. The molecule has 4 nitrogen and oxygen atoms in total. The van der Waals surface area contributed by atoms with Crippen molar-refractivity contribution in [1.29, 1.82) is 0 Å². The number of rotatable bonds is 6. The van der Waals surface area contributed by atoms with Crippen molar-refractivity contribution in [3.8, 4) is 0 Å². The summed E-state index contributed by atoms with van der Waals surface area (Å²) in [7, 11) is 0. The van der Waals surface area contributed by atoms with Gasteiger partial charge in [-0.25, -0.2) is 4.39 Å². The molecule has 3 N–H and O–H groups in total. The van der Waals surface area contributed by atoms with E-state index in [9.17, 15) is 9.18 Å². The van der Waals surface area contributed by atoms with Gasteiger partial charge in [-0.1, -0.05) is 6.92 Å². The van der Waals surface area contributed by atoms with Crippen molar-refractivity contribution in [1.82, 2.24) is 10.2 Å². The number of halogens is 1. The molecule has 1 heterocycles. The zero-order chi connectivity index (χ0) is 15.2. The van der Waals surface area contributed by atoms with E-state index in [1.54, 1.807) is 6.07 Å². The maximum atomic E-state index is 13.8. The van der Waals surface area contributed by atoms with Gasteiger partial charge in [0, 0.05) is 17.7 Å². The van der Waals surface area contributed by atoms with Crippen molar-refractivity contribution in [2.45, 2.75) is 26.3 Å². The topological polar surface area (TPSA) is 58.4 Å². The molecule has 0 saturated carbocycles. The molecular formula is C16H24FN3O. The molecule has 21 heavy (non-hydrogen) atoms. The van der Waals surface area contributed by atoms with Gasteiger partial charge in [-0.2, -0.15) is 0 Å². The van der Waals surface area contributed by atoms with Crippen molar-refractivity contribution in [2.75, 3.05) is 26.2 Å². The van der Waals surface area contributed by atoms with Crippen LogP contribution in [-0.4, -0.2) is 37.0 Å². The number of likely N-dealkylation sites (tertiary alicyclic amines) is 1. The second kappa shape index (κ2) is 7.52. The Balaban J connectivity index is 1.91. The van der Waals surface area contributed by atoms with Crippen LogP contribution >= 0.6 is 0 Å². The zero-order valence-corrected chi connectivity index (χ0v) is 12.6. The molecule has 2 rings (SSSR count). The number of nitrogens with one attached hydrogen (secondary N) is 1. The van der Waals surface area contributed by atoms with E-state index in [4.69, 9.17) is 5.73 Å². The standard InChI is InChI=1S/C16H24FN3O/c1-2-19-10-12-5-7-20(8-6-12)11-14-9-13(16(18)21)3-4-15(14)17/h3-4,9,12,19H,2,5-8,10-11H2,1H3,(H2,18,21). The lowest BCUT2D eigenvalue weighted by Gasteiger charge is -2.32. The molecule has 1 saturated heterocycles. The van der Waals surface area contributed by atoms with Crippen LogP contribution < -0.4 is 11.1 Å². The fourth-order valence-electron chi connectivity index (χ4n) is 2.79. The SMILES string of the molecule is CCNCC1CCN(Cc2cc(C(N)=O)ccc2F)CC1. The first-order chi connectivity index (χ1) is 10.1. The zero-order valence-electron chi connectivity index (χ0n) is 12.6. The summed E-state index contributed by atoms with van der Waals surface area (Å²) in [6.07, 6.45) is 2.26. The number of hydrogen-bond donors (Lipinski definition) is 2. The van der Waals surface area contributed by atoms with Crippen LogP contribution in [0.3, 0.4) is 0 Å². The minimum Gasteiger partial charge on any atom is -0.366 e. The Morgan fingerprint density at radius 3 is 2.76 bits per heavy atom. The van der Waals surface area contributed by atoms with Crippen LogP contribution in [0, 0.1) is 11.7 Å². The lowest BCUT2D eigenvalue weighted by atomic mass is 9.96. The number of hydrogen-bond acceptors (Lipinski definition) is 3.